The molecule has 0 radical (unpaired) electrons. The maximum absolute atomic E-state index is 11.4. The normalized spacial score (nSPS) is 9.47. The second-order valence-electron chi connectivity index (χ2n) is 3.74. The molecule has 0 N–H and O–H groups in total. The zero-order valence-corrected chi connectivity index (χ0v) is 10.1. The Kier molecular flexibility index (Phi) is 5.02. The fraction of sp³-hybridized carbons (Fsp3) is 0.385. The van der Waals surface area contributed by atoms with Crippen molar-refractivity contribution in [2.24, 2.45) is 0 Å². The van der Waals surface area contributed by atoms with Crippen molar-refractivity contribution in [3.8, 4) is 6.07 Å². The molecule has 4 heteroatoms. The van der Waals surface area contributed by atoms with Crippen molar-refractivity contribution in [1.29, 1.82) is 5.26 Å². The third-order valence-corrected chi connectivity index (χ3v) is 2.41. The minimum atomic E-state index is -0.480. The van der Waals surface area contributed by atoms with Gasteiger partial charge in [0.1, 0.15) is 13.2 Å². The molecule has 0 bridgehead atoms. The number of benzene rings is 1. The summed E-state index contributed by atoms with van der Waals surface area (Å²) in [4.78, 5) is 12.6. The van der Waals surface area contributed by atoms with E-state index in [9.17, 15) is 4.79 Å². The predicted octanol–water partition coefficient (Wildman–Crippen LogP) is 2.34. The second-order valence-corrected chi connectivity index (χ2v) is 3.74. The van der Waals surface area contributed by atoms with Gasteiger partial charge in [0.15, 0.2) is 0 Å². The molecule has 1 amide bonds. The molecular formula is C13H16N2O2. The van der Waals surface area contributed by atoms with E-state index < -0.39 is 6.09 Å². The second kappa shape index (κ2) is 6.54. The molecule has 1 aromatic carbocycles. The van der Waals surface area contributed by atoms with Gasteiger partial charge < -0.3 is 4.74 Å². The Morgan fingerprint density at radius 3 is 2.47 bits per heavy atom. The van der Waals surface area contributed by atoms with Crippen LogP contribution in [-0.2, 0) is 17.8 Å². The molecule has 0 fully saturated rings. The van der Waals surface area contributed by atoms with E-state index in [1.54, 1.807) is 0 Å². The monoisotopic (exact) mass is 232 g/mol. The number of amides is 1. The standard InChI is InChI=1S/C13H16N2O2/c1-3-11-4-6-12(7-5-11)10-17-13(16)15(2)9-8-14/h4-7H,3,9-10H2,1-2H3. The maximum atomic E-state index is 11.4. The summed E-state index contributed by atoms with van der Waals surface area (Å²) >= 11 is 0. The van der Waals surface area contributed by atoms with E-state index in [4.69, 9.17) is 10.00 Å². The number of carbonyl (C=O) groups excluding carboxylic acids is 1. The van der Waals surface area contributed by atoms with Crippen LogP contribution in [0.4, 0.5) is 4.79 Å². The lowest BCUT2D eigenvalue weighted by atomic mass is 10.1. The third-order valence-electron chi connectivity index (χ3n) is 2.41. The zero-order valence-electron chi connectivity index (χ0n) is 10.1. The number of rotatable bonds is 4. The van der Waals surface area contributed by atoms with Gasteiger partial charge in [-0.1, -0.05) is 31.2 Å². The minimum absolute atomic E-state index is 0.0353. The van der Waals surface area contributed by atoms with Crippen LogP contribution in [0.5, 0.6) is 0 Å². The molecule has 0 heterocycles. The SMILES string of the molecule is CCc1ccc(COC(=O)N(C)CC#N)cc1. The number of ether oxygens (including phenoxy) is 1. The molecule has 1 rings (SSSR count). The lowest BCUT2D eigenvalue weighted by Gasteiger charge is -2.13. The Bertz CT molecular complexity index is 406. The van der Waals surface area contributed by atoms with Crippen LogP contribution in [0.15, 0.2) is 24.3 Å². The number of hydrogen-bond donors (Lipinski definition) is 0. The molecule has 0 saturated carbocycles. The molecule has 0 unspecified atom stereocenters. The first-order chi connectivity index (χ1) is 8.17. The molecule has 4 nitrogen and oxygen atoms in total. The molecule has 0 atom stereocenters. The summed E-state index contributed by atoms with van der Waals surface area (Å²) in [5.41, 5.74) is 2.20. The highest BCUT2D eigenvalue weighted by atomic mass is 16.6. The number of nitriles is 1. The largest absolute Gasteiger partial charge is 0.445 e. The summed E-state index contributed by atoms with van der Waals surface area (Å²) in [6.07, 6.45) is 0.511. The molecule has 1 aromatic rings. The molecule has 0 aromatic heterocycles. The van der Waals surface area contributed by atoms with E-state index in [2.05, 4.69) is 6.92 Å². The van der Waals surface area contributed by atoms with Gasteiger partial charge in [0.2, 0.25) is 0 Å². The summed E-state index contributed by atoms with van der Waals surface area (Å²) in [5.74, 6) is 0. The van der Waals surface area contributed by atoms with Gasteiger partial charge in [-0.2, -0.15) is 5.26 Å². The Morgan fingerprint density at radius 1 is 1.35 bits per heavy atom. The van der Waals surface area contributed by atoms with Gasteiger partial charge in [-0.15, -0.1) is 0 Å². The quantitative estimate of drug-likeness (QED) is 0.749. The van der Waals surface area contributed by atoms with Crippen molar-refractivity contribution >= 4 is 6.09 Å². The van der Waals surface area contributed by atoms with E-state index >= 15 is 0 Å². The highest BCUT2D eigenvalue weighted by Crippen LogP contribution is 2.07. The van der Waals surface area contributed by atoms with Crippen LogP contribution in [0.3, 0.4) is 0 Å². The Hall–Kier alpha value is -2.02. The average Bonchev–Trinajstić information content (AvgIpc) is 2.36. The van der Waals surface area contributed by atoms with Crippen LogP contribution in [0, 0.1) is 11.3 Å². The Labute approximate surface area is 101 Å². The summed E-state index contributed by atoms with van der Waals surface area (Å²) in [5, 5.41) is 8.43. The Morgan fingerprint density at radius 2 is 1.94 bits per heavy atom. The van der Waals surface area contributed by atoms with Gasteiger partial charge in [-0.3, -0.25) is 4.90 Å². The number of carbonyl (C=O) groups is 1. The van der Waals surface area contributed by atoms with Crippen molar-refractivity contribution in [2.45, 2.75) is 20.0 Å². The van der Waals surface area contributed by atoms with E-state index in [1.807, 2.05) is 30.3 Å². The summed E-state index contributed by atoms with van der Waals surface area (Å²) < 4.78 is 5.05. The van der Waals surface area contributed by atoms with Crippen LogP contribution in [0.2, 0.25) is 0 Å². The smallest absolute Gasteiger partial charge is 0.410 e. The van der Waals surface area contributed by atoms with Crippen molar-refractivity contribution in [3.05, 3.63) is 35.4 Å². The summed E-state index contributed by atoms with van der Waals surface area (Å²) in [7, 11) is 1.53. The third kappa shape index (κ3) is 4.15. The minimum Gasteiger partial charge on any atom is -0.445 e. The lowest BCUT2D eigenvalue weighted by Crippen LogP contribution is -2.27. The van der Waals surface area contributed by atoms with Crippen molar-refractivity contribution in [3.63, 3.8) is 0 Å². The lowest BCUT2D eigenvalue weighted by molar-refractivity contribution is 0.108. The Balaban J connectivity index is 2.44. The molecule has 90 valence electrons. The number of aryl methyl sites for hydroxylation is 1. The van der Waals surface area contributed by atoms with E-state index in [0.29, 0.717) is 0 Å². The zero-order chi connectivity index (χ0) is 12.7. The molecule has 17 heavy (non-hydrogen) atoms. The summed E-state index contributed by atoms with van der Waals surface area (Å²) in [6.45, 7) is 2.36. The molecular weight excluding hydrogens is 216 g/mol. The van der Waals surface area contributed by atoms with Gasteiger partial charge in [-0.05, 0) is 17.5 Å². The first-order valence-corrected chi connectivity index (χ1v) is 5.50. The van der Waals surface area contributed by atoms with Gasteiger partial charge in [0, 0.05) is 7.05 Å². The number of nitrogens with zero attached hydrogens (tertiary/aromatic N) is 2. The van der Waals surface area contributed by atoms with Crippen molar-refractivity contribution in [1.82, 2.24) is 4.90 Å². The topological polar surface area (TPSA) is 53.3 Å². The fourth-order valence-electron chi connectivity index (χ4n) is 1.30. The van der Waals surface area contributed by atoms with Crippen LogP contribution < -0.4 is 0 Å². The predicted molar refractivity (Wildman–Crippen MR) is 64.2 cm³/mol. The molecule has 0 saturated heterocycles. The summed E-state index contributed by atoms with van der Waals surface area (Å²) in [6, 6.07) is 9.80. The van der Waals surface area contributed by atoms with Gasteiger partial charge >= 0.3 is 6.09 Å². The molecule has 0 aliphatic carbocycles. The first kappa shape index (κ1) is 13.0. The van der Waals surface area contributed by atoms with Gasteiger partial charge in [0.25, 0.3) is 0 Å². The number of hydrogen-bond acceptors (Lipinski definition) is 3. The maximum Gasteiger partial charge on any atom is 0.410 e. The van der Waals surface area contributed by atoms with E-state index in [-0.39, 0.29) is 13.2 Å². The van der Waals surface area contributed by atoms with Gasteiger partial charge in [0.05, 0.1) is 6.07 Å². The van der Waals surface area contributed by atoms with E-state index in [0.717, 1.165) is 12.0 Å². The van der Waals surface area contributed by atoms with Crippen molar-refractivity contribution < 1.29 is 9.53 Å². The molecule has 0 aliphatic rings. The highest BCUT2D eigenvalue weighted by molar-refractivity contribution is 5.67. The van der Waals surface area contributed by atoms with Gasteiger partial charge in [-0.25, -0.2) is 4.79 Å². The van der Waals surface area contributed by atoms with Crippen molar-refractivity contribution in [2.75, 3.05) is 13.6 Å². The first-order valence-electron chi connectivity index (χ1n) is 5.50. The van der Waals surface area contributed by atoms with Crippen LogP contribution >= 0.6 is 0 Å². The van der Waals surface area contributed by atoms with Crippen LogP contribution in [-0.4, -0.2) is 24.6 Å². The van der Waals surface area contributed by atoms with E-state index in [1.165, 1.54) is 17.5 Å². The highest BCUT2D eigenvalue weighted by Gasteiger charge is 2.08. The fourth-order valence-corrected chi connectivity index (χ4v) is 1.30. The average molecular weight is 232 g/mol. The van der Waals surface area contributed by atoms with Crippen LogP contribution in [0.1, 0.15) is 18.1 Å². The molecule has 0 aliphatic heterocycles. The molecule has 0 spiro atoms. The van der Waals surface area contributed by atoms with Crippen LogP contribution in [0.25, 0.3) is 0 Å².